The molecule has 0 aromatic rings. The van der Waals surface area contributed by atoms with Crippen molar-refractivity contribution in [1.29, 1.82) is 0 Å². The van der Waals surface area contributed by atoms with E-state index in [2.05, 4.69) is 5.32 Å². The van der Waals surface area contributed by atoms with Crippen LogP contribution >= 0.6 is 12.2 Å². The summed E-state index contributed by atoms with van der Waals surface area (Å²) in [5.74, 6) is 0. The first-order chi connectivity index (χ1) is 6.47. The normalized spacial score (nSPS) is 10.0. The van der Waals surface area contributed by atoms with Crippen LogP contribution in [0.2, 0.25) is 0 Å². The molecular formula is C9H19N3OS. The molecule has 14 heavy (non-hydrogen) atoms. The Bertz CT molecular complexity index is 206. The van der Waals surface area contributed by atoms with Crippen LogP contribution in [0.4, 0.5) is 4.79 Å². The zero-order chi connectivity index (χ0) is 11.1. The summed E-state index contributed by atoms with van der Waals surface area (Å²) in [4.78, 5) is 13.6. The number of nitrogens with zero attached hydrogens (tertiary/aromatic N) is 1. The summed E-state index contributed by atoms with van der Waals surface area (Å²) in [6.07, 6.45) is 0.897. The Kier molecular flexibility index (Phi) is 6.19. The molecule has 0 heterocycles. The predicted octanol–water partition coefficient (Wildman–Crippen LogP) is 1.10. The van der Waals surface area contributed by atoms with Crippen molar-refractivity contribution in [2.45, 2.75) is 33.2 Å². The van der Waals surface area contributed by atoms with Crippen LogP contribution in [0.25, 0.3) is 0 Å². The fourth-order valence-corrected chi connectivity index (χ4v) is 1.20. The van der Waals surface area contributed by atoms with E-state index in [1.165, 1.54) is 0 Å². The maximum absolute atomic E-state index is 11.6. The van der Waals surface area contributed by atoms with Crippen LogP contribution < -0.4 is 11.1 Å². The number of nitrogens with one attached hydrogen (secondary N) is 1. The lowest BCUT2D eigenvalue weighted by Crippen LogP contribution is -2.46. The lowest BCUT2D eigenvalue weighted by molar-refractivity contribution is 0.202. The molecule has 0 aromatic carbocycles. The van der Waals surface area contributed by atoms with Gasteiger partial charge < -0.3 is 16.0 Å². The molecule has 2 amide bonds. The molecule has 0 atom stereocenters. The number of carbonyl (C=O) groups excluding carboxylic acids is 1. The van der Waals surface area contributed by atoms with Gasteiger partial charge in [0.15, 0.2) is 0 Å². The second-order valence-electron chi connectivity index (χ2n) is 3.49. The first kappa shape index (κ1) is 13.2. The molecule has 0 aromatic heterocycles. The van der Waals surface area contributed by atoms with Gasteiger partial charge in [0.25, 0.3) is 0 Å². The van der Waals surface area contributed by atoms with Crippen LogP contribution in [0, 0.1) is 0 Å². The predicted molar refractivity (Wildman–Crippen MR) is 62.3 cm³/mol. The zero-order valence-corrected chi connectivity index (χ0v) is 9.86. The third kappa shape index (κ3) is 5.75. The van der Waals surface area contributed by atoms with Crippen molar-refractivity contribution in [3.8, 4) is 0 Å². The Labute approximate surface area is 90.8 Å². The highest BCUT2D eigenvalue weighted by Gasteiger charge is 2.13. The fraction of sp³-hybridized carbons (Fsp3) is 0.778. The molecule has 0 saturated heterocycles. The standard InChI is InChI=1S/C9H19N3OS/c1-4-5-12(6-8(10)14)9(13)11-7(2)3/h7H,4-6H2,1-3H3,(H2,10,14)(H,11,13). The van der Waals surface area contributed by atoms with Gasteiger partial charge in [0, 0.05) is 12.6 Å². The number of carbonyl (C=O) groups is 1. The van der Waals surface area contributed by atoms with E-state index in [1.54, 1.807) is 4.90 Å². The minimum atomic E-state index is -0.102. The number of thiocarbonyl (C=S) groups is 1. The molecule has 3 N–H and O–H groups in total. The average Bonchev–Trinajstić information content (AvgIpc) is 2.01. The van der Waals surface area contributed by atoms with Crippen LogP contribution in [-0.2, 0) is 0 Å². The molecule has 5 heteroatoms. The van der Waals surface area contributed by atoms with Crippen LogP contribution in [0.5, 0.6) is 0 Å². The van der Waals surface area contributed by atoms with E-state index in [4.69, 9.17) is 18.0 Å². The van der Waals surface area contributed by atoms with Crippen LogP contribution in [0.1, 0.15) is 27.2 Å². The SMILES string of the molecule is CCCN(CC(N)=S)C(=O)NC(C)C. The first-order valence-corrected chi connectivity index (χ1v) is 5.22. The molecule has 0 unspecified atom stereocenters. The quantitative estimate of drug-likeness (QED) is 0.678. The van der Waals surface area contributed by atoms with E-state index in [0.29, 0.717) is 18.1 Å². The maximum Gasteiger partial charge on any atom is 0.317 e. The van der Waals surface area contributed by atoms with Gasteiger partial charge in [-0.05, 0) is 20.3 Å². The van der Waals surface area contributed by atoms with E-state index in [-0.39, 0.29) is 12.1 Å². The number of urea groups is 1. The highest BCUT2D eigenvalue weighted by Crippen LogP contribution is 1.94. The highest BCUT2D eigenvalue weighted by atomic mass is 32.1. The van der Waals surface area contributed by atoms with Gasteiger partial charge in [-0.25, -0.2) is 4.79 Å². The van der Waals surface area contributed by atoms with Gasteiger partial charge in [0.1, 0.15) is 0 Å². The molecule has 0 aliphatic heterocycles. The van der Waals surface area contributed by atoms with Gasteiger partial charge in [-0.3, -0.25) is 0 Å². The zero-order valence-electron chi connectivity index (χ0n) is 9.04. The maximum atomic E-state index is 11.6. The van der Waals surface area contributed by atoms with Crippen molar-refractivity contribution < 1.29 is 4.79 Å². The Morgan fingerprint density at radius 2 is 2.14 bits per heavy atom. The van der Waals surface area contributed by atoms with Crippen LogP contribution in [0.3, 0.4) is 0 Å². The topological polar surface area (TPSA) is 58.4 Å². The molecule has 0 fully saturated rings. The number of amides is 2. The monoisotopic (exact) mass is 217 g/mol. The van der Waals surface area contributed by atoms with E-state index < -0.39 is 0 Å². The number of rotatable bonds is 5. The summed E-state index contributed by atoms with van der Waals surface area (Å²) in [7, 11) is 0. The fourth-order valence-electron chi connectivity index (χ4n) is 1.05. The number of hydrogen-bond acceptors (Lipinski definition) is 2. The van der Waals surface area contributed by atoms with Crippen molar-refractivity contribution in [2.24, 2.45) is 5.73 Å². The largest absolute Gasteiger partial charge is 0.392 e. The lowest BCUT2D eigenvalue weighted by atomic mass is 10.4. The van der Waals surface area contributed by atoms with Crippen molar-refractivity contribution in [3.63, 3.8) is 0 Å². The molecule has 82 valence electrons. The third-order valence-electron chi connectivity index (χ3n) is 1.54. The van der Waals surface area contributed by atoms with Gasteiger partial charge >= 0.3 is 6.03 Å². The first-order valence-electron chi connectivity index (χ1n) is 4.81. The smallest absolute Gasteiger partial charge is 0.317 e. The second kappa shape index (κ2) is 6.59. The van der Waals surface area contributed by atoms with E-state index in [1.807, 2.05) is 20.8 Å². The number of hydrogen-bond donors (Lipinski definition) is 2. The Balaban J connectivity index is 4.17. The van der Waals surface area contributed by atoms with E-state index in [0.717, 1.165) is 6.42 Å². The molecule has 0 aliphatic carbocycles. The van der Waals surface area contributed by atoms with Crippen molar-refractivity contribution >= 4 is 23.2 Å². The number of nitrogens with two attached hydrogens (primary N) is 1. The second-order valence-corrected chi connectivity index (χ2v) is 4.02. The highest BCUT2D eigenvalue weighted by molar-refractivity contribution is 7.80. The van der Waals surface area contributed by atoms with E-state index in [9.17, 15) is 4.79 Å². The molecule has 0 rings (SSSR count). The third-order valence-corrected chi connectivity index (χ3v) is 1.67. The van der Waals surface area contributed by atoms with E-state index >= 15 is 0 Å². The minimum absolute atomic E-state index is 0.102. The summed E-state index contributed by atoms with van der Waals surface area (Å²) < 4.78 is 0. The Morgan fingerprint density at radius 3 is 2.50 bits per heavy atom. The summed E-state index contributed by atoms with van der Waals surface area (Å²) in [5.41, 5.74) is 5.40. The molecule has 0 bridgehead atoms. The van der Waals surface area contributed by atoms with Gasteiger partial charge in [0.2, 0.25) is 0 Å². The summed E-state index contributed by atoms with van der Waals surface area (Å²) in [5, 5.41) is 2.80. The Morgan fingerprint density at radius 1 is 1.57 bits per heavy atom. The van der Waals surface area contributed by atoms with Crippen LogP contribution in [0.15, 0.2) is 0 Å². The van der Waals surface area contributed by atoms with Gasteiger partial charge in [0.05, 0.1) is 11.5 Å². The molecule has 4 nitrogen and oxygen atoms in total. The van der Waals surface area contributed by atoms with Gasteiger partial charge in [-0.15, -0.1) is 0 Å². The summed E-state index contributed by atoms with van der Waals surface area (Å²) >= 11 is 4.77. The van der Waals surface area contributed by atoms with Gasteiger partial charge in [-0.1, -0.05) is 19.1 Å². The molecular weight excluding hydrogens is 198 g/mol. The average molecular weight is 217 g/mol. The van der Waals surface area contributed by atoms with Crippen molar-refractivity contribution in [3.05, 3.63) is 0 Å². The lowest BCUT2D eigenvalue weighted by Gasteiger charge is -2.23. The molecule has 0 saturated carbocycles. The van der Waals surface area contributed by atoms with Crippen molar-refractivity contribution in [1.82, 2.24) is 10.2 Å². The van der Waals surface area contributed by atoms with Crippen LogP contribution in [-0.4, -0.2) is 35.1 Å². The molecule has 0 aliphatic rings. The summed E-state index contributed by atoms with van der Waals surface area (Å²) in [6, 6.07) is 0.0304. The molecule has 0 spiro atoms. The van der Waals surface area contributed by atoms with Gasteiger partial charge in [-0.2, -0.15) is 0 Å². The minimum Gasteiger partial charge on any atom is -0.392 e. The molecule has 0 radical (unpaired) electrons. The summed E-state index contributed by atoms with van der Waals surface area (Å²) in [6.45, 7) is 6.87. The Hall–Kier alpha value is -0.840. The van der Waals surface area contributed by atoms with Crippen molar-refractivity contribution in [2.75, 3.05) is 13.1 Å².